The standard InChI is InChI=1S/C69H37F15N4S3/c1-25-21-27(3)45(28(4)22-25)50-37-13-11-35(87-37)48(53-57(72)63(78)68(83)64(79)58(53)73)33-9-7-31(85-33)47(52-55(70)61(76)67(82)62(77)56(52)71)32-8-10-34(86-32)49(54-59(74)65(80)69(84)66(81)60(54)75)36-12-14-38(88-36)51(46-29(5)23-26(2)24-30(46)6)44-20-18-42(91-44)40-16-15-39(89-40)41-17-19-43(50)90-41/h7-24,85H,1-6H3. The Balaban J connectivity index is 1.27. The van der Waals surface area contributed by atoms with Crippen LogP contribution in [-0.2, 0) is 0 Å². The van der Waals surface area contributed by atoms with E-state index in [0.29, 0.717) is 31.7 Å². The smallest absolute Gasteiger partial charge is 0.200 e. The quantitative estimate of drug-likeness (QED) is 0.106. The van der Waals surface area contributed by atoms with Crippen LogP contribution < -0.4 is 0 Å². The number of thiophene rings is 3. The van der Waals surface area contributed by atoms with Crippen molar-refractivity contribution in [2.75, 3.05) is 0 Å². The Morgan fingerprint density at radius 1 is 0.242 bits per heavy atom. The lowest BCUT2D eigenvalue weighted by molar-refractivity contribution is 0.381. The van der Waals surface area contributed by atoms with Gasteiger partial charge in [0.15, 0.2) is 69.8 Å². The molecule has 8 heterocycles. The summed E-state index contributed by atoms with van der Waals surface area (Å²) >= 11 is 4.16. The summed E-state index contributed by atoms with van der Waals surface area (Å²) in [5.41, 5.74) is -4.61. The van der Waals surface area contributed by atoms with Gasteiger partial charge in [0.25, 0.3) is 0 Å². The number of nitrogens with one attached hydrogen (secondary N) is 1. The van der Waals surface area contributed by atoms with Crippen molar-refractivity contribution in [3.8, 4) is 55.6 Å². The molecule has 22 heteroatoms. The molecular weight excluding hydrogens is 1270 g/mol. The fourth-order valence-corrected chi connectivity index (χ4v) is 15.3. The van der Waals surface area contributed by atoms with Gasteiger partial charge in [-0.05, 0) is 160 Å². The van der Waals surface area contributed by atoms with E-state index in [2.05, 4.69) is 9.97 Å². The molecule has 3 aliphatic heterocycles. The lowest BCUT2D eigenvalue weighted by Crippen LogP contribution is -2.06. The molecule has 4 nitrogen and oxygen atoms in total. The first-order chi connectivity index (χ1) is 43.3. The zero-order chi connectivity index (χ0) is 64.7. The van der Waals surface area contributed by atoms with Crippen molar-refractivity contribution in [2.24, 2.45) is 0 Å². The minimum Gasteiger partial charge on any atom is -0.354 e. The van der Waals surface area contributed by atoms with E-state index in [9.17, 15) is 13.2 Å². The molecule has 0 saturated heterocycles. The van der Waals surface area contributed by atoms with Crippen molar-refractivity contribution in [2.45, 2.75) is 41.5 Å². The van der Waals surface area contributed by atoms with E-state index >= 15 is 52.7 Å². The zero-order valence-corrected chi connectivity index (χ0v) is 50.1. The molecule has 5 aromatic heterocycles. The maximum Gasteiger partial charge on any atom is 0.200 e. The van der Waals surface area contributed by atoms with Crippen molar-refractivity contribution in [1.82, 2.24) is 19.9 Å². The molecule has 1 N–H and O–H groups in total. The Bertz CT molecular complexity index is 5260. The summed E-state index contributed by atoms with van der Waals surface area (Å²) < 4.78 is 242. The number of rotatable bonds is 5. The number of fused-ring (bicyclic) bond motifs is 16. The Morgan fingerprint density at radius 3 is 0.747 bits per heavy atom. The second-order valence-corrected chi connectivity index (χ2v) is 24.9. The monoisotopic (exact) mass is 1300 g/mol. The number of aromatic nitrogens is 4. The van der Waals surface area contributed by atoms with Crippen LogP contribution in [0, 0.1) is 129 Å². The first kappa shape index (κ1) is 60.5. The molecule has 456 valence electrons. The van der Waals surface area contributed by atoms with Crippen molar-refractivity contribution >= 4 is 110 Å². The largest absolute Gasteiger partial charge is 0.354 e. The molecule has 0 atom stereocenters. The molecule has 13 rings (SSSR count). The molecule has 91 heavy (non-hydrogen) atoms. The number of H-pyrrole nitrogens is 1. The Morgan fingerprint density at radius 2 is 0.462 bits per heavy atom. The normalized spacial score (nSPS) is 12.3. The van der Waals surface area contributed by atoms with Gasteiger partial charge >= 0.3 is 0 Å². The highest BCUT2D eigenvalue weighted by Crippen LogP contribution is 2.47. The summed E-state index contributed by atoms with van der Waals surface area (Å²) in [5.74, 6) is -36.9. The highest BCUT2D eigenvalue weighted by atomic mass is 32.1. The van der Waals surface area contributed by atoms with Crippen molar-refractivity contribution in [3.63, 3.8) is 0 Å². The Labute approximate surface area is 517 Å². The van der Waals surface area contributed by atoms with Gasteiger partial charge in [0.05, 0.1) is 50.9 Å². The molecule has 0 aliphatic carbocycles. The van der Waals surface area contributed by atoms with Gasteiger partial charge in [-0.25, -0.2) is 80.8 Å². The maximum absolute atomic E-state index is 16.6. The number of benzene rings is 5. The van der Waals surface area contributed by atoms with Gasteiger partial charge in [-0.1, -0.05) is 35.4 Å². The number of halogens is 15. The van der Waals surface area contributed by atoms with Gasteiger partial charge in [0, 0.05) is 67.1 Å². The van der Waals surface area contributed by atoms with Crippen molar-refractivity contribution in [3.05, 3.63) is 228 Å². The predicted molar refractivity (Wildman–Crippen MR) is 330 cm³/mol. The van der Waals surface area contributed by atoms with Crippen LogP contribution in [0.25, 0.3) is 131 Å². The number of aryl methyl sites for hydroxylation is 6. The van der Waals surface area contributed by atoms with Crippen molar-refractivity contribution in [1.29, 1.82) is 0 Å². The number of hydrogen-bond donors (Lipinski definition) is 1. The second kappa shape index (κ2) is 22.5. The number of aromatic amines is 1. The Kier molecular flexibility index (Phi) is 15.0. The van der Waals surface area contributed by atoms with Gasteiger partial charge < -0.3 is 4.98 Å². The molecule has 0 fully saturated rings. The van der Waals surface area contributed by atoms with E-state index < -0.39 is 154 Å². The SMILES string of the molecule is Cc1cc(C)c(-c2c3nc(c(-c4c(F)c(F)c(F)c(F)c4F)c4nc(c(-c5c(F)c(F)c(F)c(F)c5F)c5ccc([nH]5)c(-c5c(F)c(F)c(F)c(F)c5F)c5nc(c(-c6c(C)cc(C)cc6C)c6ccc(s6)c6ccc(s6)c6ccc2s6)C=C5)C=C4)C=C3)c(C)c1. The molecular formula is C69H37F15N4S3. The molecule has 0 radical (unpaired) electrons. The fraction of sp³-hybridized carbons (Fsp3) is 0.0870. The van der Waals surface area contributed by atoms with Gasteiger partial charge in [-0.15, -0.1) is 34.0 Å². The van der Waals surface area contributed by atoms with Gasteiger partial charge in [-0.2, -0.15) is 0 Å². The van der Waals surface area contributed by atoms with Crippen molar-refractivity contribution < 1.29 is 65.9 Å². The summed E-state index contributed by atoms with van der Waals surface area (Å²) in [6, 6.07) is 20.7. The van der Waals surface area contributed by atoms with Gasteiger partial charge in [0.1, 0.15) is 0 Å². The summed E-state index contributed by atoms with van der Waals surface area (Å²) in [7, 11) is 0. The van der Waals surface area contributed by atoms with E-state index in [1.807, 2.05) is 102 Å². The molecule has 0 saturated carbocycles. The second-order valence-electron chi connectivity index (χ2n) is 21.7. The maximum atomic E-state index is 16.6. The van der Waals surface area contributed by atoms with Crippen LogP contribution in [0.4, 0.5) is 65.9 Å². The highest BCUT2D eigenvalue weighted by Gasteiger charge is 2.35. The lowest BCUT2D eigenvalue weighted by atomic mass is 9.93. The summed E-state index contributed by atoms with van der Waals surface area (Å²) in [5, 5.41) is 0. The molecule has 3 aliphatic rings. The molecule has 0 unspecified atom stereocenters. The van der Waals surface area contributed by atoms with Gasteiger partial charge in [-0.3, -0.25) is 0 Å². The van der Waals surface area contributed by atoms with Crippen LogP contribution in [-0.4, -0.2) is 19.9 Å². The van der Waals surface area contributed by atoms with Crippen LogP contribution in [0.1, 0.15) is 67.5 Å². The Hall–Kier alpha value is -9.38. The molecule has 10 aromatic rings. The number of hydrogen-bond acceptors (Lipinski definition) is 6. The zero-order valence-electron chi connectivity index (χ0n) is 47.6. The summed E-state index contributed by atoms with van der Waals surface area (Å²) in [6.07, 6.45) is 6.93. The molecule has 14 bridgehead atoms. The van der Waals surface area contributed by atoms with E-state index in [-0.39, 0.29) is 11.4 Å². The minimum atomic E-state index is -2.63. The molecule has 0 amide bonds. The third kappa shape index (κ3) is 9.79. The first-order valence-electron chi connectivity index (χ1n) is 27.3. The van der Waals surface area contributed by atoms with E-state index in [4.69, 9.17) is 9.97 Å². The molecule has 5 aromatic carbocycles. The third-order valence-corrected chi connectivity index (χ3v) is 19.4. The van der Waals surface area contributed by atoms with Crippen LogP contribution in [0.2, 0.25) is 0 Å². The predicted octanol–water partition coefficient (Wildman–Crippen LogP) is 22.2. The van der Waals surface area contributed by atoms with Crippen LogP contribution >= 0.6 is 34.0 Å². The van der Waals surface area contributed by atoms with E-state index in [0.717, 1.165) is 76.5 Å². The van der Waals surface area contributed by atoms with Gasteiger partial charge in [0.2, 0.25) is 17.5 Å². The summed E-state index contributed by atoms with van der Waals surface area (Å²) in [4.78, 5) is 16.6. The number of nitrogens with zero attached hydrogens (tertiary/aromatic N) is 3. The molecule has 0 spiro atoms. The minimum absolute atomic E-state index is 0.108. The fourth-order valence-electron chi connectivity index (χ4n) is 12.0. The lowest BCUT2D eigenvalue weighted by Gasteiger charge is -2.13. The van der Waals surface area contributed by atoms with E-state index in [1.54, 1.807) is 0 Å². The average molecular weight is 1300 g/mol. The third-order valence-electron chi connectivity index (χ3n) is 15.7. The van der Waals surface area contributed by atoms with Crippen LogP contribution in [0.3, 0.4) is 0 Å². The topological polar surface area (TPSA) is 54.5 Å². The van der Waals surface area contributed by atoms with E-state index in [1.165, 1.54) is 58.3 Å². The first-order valence-corrected chi connectivity index (χ1v) is 29.8. The van der Waals surface area contributed by atoms with Crippen LogP contribution in [0.15, 0.2) is 72.8 Å². The average Bonchev–Trinajstić information content (AvgIpc) is 1.74. The highest BCUT2D eigenvalue weighted by molar-refractivity contribution is 7.33. The van der Waals surface area contributed by atoms with Crippen LogP contribution in [0.5, 0.6) is 0 Å². The summed E-state index contributed by atoms with van der Waals surface area (Å²) in [6.45, 7) is 11.2.